The molecule has 31 heavy (non-hydrogen) atoms. The van der Waals surface area contributed by atoms with Crippen LogP contribution in [0, 0.1) is 0 Å². The Morgan fingerprint density at radius 1 is 1.32 bits per heavy atom. The van der Waals surface area contributed by atoms with Gasteiger partial charge in [-0.25, -0.2) is 4.79 Å². The highest BCUT2D eigenvalue weighted by Crippen LogP contribution is 2.36. The Morgan fingerprint density at radius 3 is 2.71 bits per heavy atom. The molecular weight excluding hydrogens is 417 g/mol. The van der Waals surface area contributed by atoms with E-state index in [4.69, 9.17) is 19.4 Å². The molecule has 2 aromatic rings. The predicted octanol–water partition coefficient (Wildman–Crippen LogP) is 3.28. The Kier molecular flexibility index (Phi) is 6.80. The number of alkyl halides is 3. The van der Waals surface area contributed by atoms with Crippen LogP contribution in [0.2, 0.25) is 0 Å². The molecule has 10 heteroatoms. The van der Waals surface area contributed by atoms with Gasteiger partial charge in [0.05, 0.1) is 30.4 Å². The maximum Gasteiger partial charge on any atom is 0.490 e. The Balaban J connectivity index is 0.000000339. The number of nitrogens with zero attached hydrogens (tertiary/aromatic N) is 2. The summed E-state index contributed by atoms with van der Waals surface area (Å²) in [5.41, 5.74) is 1.40. The van der Waals surface area contributed by atoms with Gasteiger partial charge in [-0.2, -0.15) is 13.2 Å². The first-order valence-corrected chi connectivity index (χ1v) is 9.74. The monoisotopic (exact) mass is 440 g/mol. The summed E-state index contributed by atoms with van der Waals surface area (Å²) in [6.45, 7) is 2.06. The van der Waals surface area contributed by atoms with Crippen LogP contribution in [0.25, 0.3) is 10.9 Å². The zero-order valence-corrected chi connectivity index (χ0v) is 16.9. The van der Waals surface area contributed by atoms with E-state index in [2.05, 4.69) is 4.98 Å². The molecule has 1 N–H and O–H groups in total. The Hall–Kier alpha value is -2.72. The summed E-state index contributed by atoms with van der Waals surface area (Å²) in [5, 5.41) is 8.12. The van der Waals surface area contributed by atoms with Crippen LogP contribution in [0.4, 0.5) is 13.2 Å². The number of hydrogen-bond acceptors (Lipinski definition) is 5. The third-order valence-electron chi connectivity index (χ3n) is 5.43. The summed E-state index contributed by atoms with van der Waals surface area (Å²) >= 11 is 0. The molecule has 1 aromatic heterocycles. The molecule has 0 aliphatic carbocycles. The SMILES string of the molecule is CO[C@H]1CO[C@@]2(CCCN(C(=O)c3ccc4ncccc4c3)C2)C1.O=C(O)C(F)(F)F. The lowest BCUT2D eigenvalue weighted by Crippen LogP contribution is -2.50. The lowest BCUT2D eigenvalue weighted by molar-refractivity contribution is -0.192. The second-order valence-electron chi connectivity index (χ2n) is 7.60. The number of fused-ring (bicyclic) bond motifs is 1. The van der Waals surface area contributed by atoms with Crippen molar-refractivity contribution in [2.75, 3.05) is 26.8 Å². The molecule has 0 bridgehead atoms. The number of carbonyl (C=O) groups excluding carboxylic acids is 1. The quantitative estimate of drug-likeness (QED) is 0.771. The molecule has 2 aliphatic rings. The molecule has 1 amide bonds. The van der Waals surface area contributed by atoms with E-state index < -0.39 is 12.1 Å². The van der Waals surface area contributed by atoms with Crippen molar-refractivity contribution in [3.8, 4) is 0 Å². The number of methoxy groups -OCH3 is 1. The number of amides is 1. The van der Waals surface area contributed by atoms with Crippen molar-refractivity contribution in [3.05, 3.63) is 42.1 Å². The number of ether oxygens (including phenoxy) is 2. The van der Waals surface area contributed by atoms with Gasteiger partial charge in [-0.15, -0.1) is 0 Å². The fraction of sp³-hybridized carbons (Fsp3) is 0.476. The highest BCUT2D eigenvalue weighted by atomic mass is 19.4. The van der Waals surface area contributed by atoms with E-state index in [-0.39, 0.29) is 17.6 Å². The zero-order valence-electron chi connectivity index (χ0n) is 16.9. The van der Waals surface area contributed by atoms with Crippen LogP contribution in [-0.4, -0.2) is 71.6 Å². The van der Waals surface area contributed by atoms with Gasteiger partial charge in [0.25, 0.3) is 5.91 Å². The van der Waals surface area contributed by atoms with Gasteiger partial charge in [0.15, 0.2) is 0 Å². The third-order valence-corrected chi connectivity index (χ3v) is 5.43. The van der Waals surface area contributed by atoms with Gasteiger partial charge in [0, 0.05) is 37.2 Å². The number of hydrogen-bond donors (Lipinski definition) is 1. The first-order chi connectivity index (χ1) is 14.6. The van der Waals surface area contributed by atoms with Gasteiger partial charge < -0.3 is 19.5 Å². The fourth-order valence-electron chi connectivity index (χ4n) is 3.90. The number of benzene rings is 1. The average Bonchev–Trinajstić information content (AvgIpc) is 3.14. The minimum Gasteiger partial charge on any atom is -0.475 e. The normalized spacial score (nSPS) is 23.5. The molecule has 4 rings (SSSR count). The summed E-state index contributed by atoms with van der Waals surface area (Å²) in [7, 11) is 1.72. The van der Waals surface area contributed by atoms with Crippen LogP contribution < -0.4 is 0 Å². The molecule has 0 saturated carbocycles. The number of halogens is 3. The number of carbonyl (C=O) groups is 2. The van der Waals surface area contributed by atoms with Crippen molar-refractivity contribution in [3.63, 3.8) is 0 Å². The number of carboxylic acids is 1. The van der Waals surface area contributed by atoms with Crippen molar-refractivity contribution in [2.45, 2.75) is 37.1 Å². The molecule has 2 fully saturated rings. The van der Waals surface area contributed by atoms with Crippen LogP contribution in [0.3, 0.4) is 0 Å². The molecule has 2 aliphatic heterocycles. The van der Waals surface area contributed by atoms with Crippen LogP contribution >= 0.6 is 0 Å². The van der Waals surface area contributed by atoms with Gasteiger partial charge in [-0.1, -0.05) is 6.07 Å². The van der Waals surface area contributed by atoms with Gasteiger partial charge >= 0.3 is 12.1 Å². The van der Waals surface area contributed by atoms with Gasteiger partial charge in [-0.05, 0) is 37.1 Å². The molecule has 168 valence electrons. The van der Waals surface area contributed by atoms with Crippen LogP contribution in [0.15, 0.2) is 36.5 Å². The van der Waals surface area contributed by atoms with Crippen molar-refractivity contribution in [1.29, 1.82) is 0 Å². The number of aliphatic carboxylic acids is 1. The van der Waals surface area contributed by atoms with Crippen LogP contribution in [0.5, 0.6) is 0 Å². The summed E-state index contributed by atoms with van der Waals surface area (Å²) in [6.07, 6.45) is -0.335. The maximum atomic E-state index is 13.0. The predicted molar refractivity (Wildman–Crippen MR) is 105 cm³/mol. The van der Waals surface area contributed by atoms with E-state index in [1.165, 1.54) is 0 Å². The second kappa shape index (κ2) is 9.19. The van der Waals surface area contributed by atoms with E-state index in [1.807, 2.05) is 35.2 Å². The molecule has 2 atom stereocenters. The van der Waals surface area contributed by atoms with Crippen LogP contribution in [0.1, 0.15) is 29.6 Å². The largest absolute Gasteiger partial charge is 0.490 e. The van der Waals surface area contributed by atoms with Gasteiger partial charge in [0.2, 0.25) is 0 Å². The number of carboxylic acid groups (broad SMARTS) is 1. The van der Waals surface area contributed by atoms with E-state index in [0.29, 0.717) is 18.7 Å². The van der Waals surface area contributed by atoms with Crippen molar-refractivity contribution in [1.82, 2.24) is 9.88 Å². The smallest absolute Gasteiger partial charge is 0.475 e. The van der Waals surface area contributed by atoms with Crippen molar-refractivity contribution < 1.29 is 37.3 Å². The first-order valence-electron chi connectivity index (χ1n) is 9.74. The zero-order chi connectivity index (χ0) is 22.6. The highest BCUT2D eigenvalue weighted by Gasteiger charge is 2.44. The van der Waals surface area contributed by atoms with E-state index in [1.54, 1.807) is 13.3 Å². The molecule has 0 unspecified atom stereocenters. The Labute approximate surface area is 176 Å². The number of likely N-dealkylation sites (tertiary alicyclic amines) is 1. The number of rotatable bonds is 2. The molecule has 3 heterocycles. The minimum absolute atomic E-state index is 0.0734. The summed E-state index contributed by atoms with van der Waals surface area (Å²) in [4.78, 5) is 28.1. The van der Waals surface area contributed by atoms with Crippen molar-refractivity contribution >= 4 is 22.8 Å². The molecule has 2 saturated heterocycles. The second-order valence-corrected chi connectivity index (χ2v) is 7.60. The molecule has 7 nitrogen and oxygen atoms in total. The standard InChI is InChI=1S/C19H22N2O3.C2HF3O2/c1-23-16-11-19(24-12-16)7-3-9-21(13-19)18(22)15-5-6-17-14(10-15)4-2-8-20-17;3-2(4,5)1(6)7/h2,4-6,8,10,16H,3,7,9,11-13H2,1H3;(H,6,7)/t16-,19+;/m1./s1. The summed E-state index contributed by atoms with van der Waals surface area (Å²) in [5.74, 6) is -2.68. The number of pyridine rings is 1. The molecule has 0 radical (unpaired) electrons. The van der Waals surface area contributed by atoms with Gasteiger partial charge in [-0.3, -0.25) is 9.78 Å². The third kappa shape index (κ3) is 5.50. The molecule has 1 aromatic carbocycles. The maximum absolute atomic E-state index is 13.0. The number of piperidine rings is 1. The topological polar surface area (TPSA) is 89.0 Å². The fourth-order valence-corrected chi connectivity index (χ4v) is 3.90. The van der Waals surface area contributed by atoms with Gasteiger partial charge in [0.1, 0.15) is 0 Å². The first kappa shape index (κ1) is 23.0. The van der Waals surface area contributed by atoms with E-state index in [0.717, 1.165) is 36.7 Å². The summed E-state index contributed by atoms with van der Waals surface area (Å²) in [6, 6.07) is 9.59. The Morgan fingerprint density at radius 2 is 2.06 bits per heavy atom. The summed E-state index contributed by atoms with van der Waals surface area (Å²) < 4.78 is 43.2. The van der Waals surface area contributed by atoms with Crippen molar-refractivity contribution in [2.24, 2.45) is 0 Å². The highest BCUT2D eigenvalue weighted by molar-refractivity contribution is 5.98. The van der Waals surface area contributed by atoms with E-state index >= 15 is 0 Å². The minimum atomic E-state index is -5.08. The lowest BCUT2D eigenvalue weighted by atomic mass is 9.89. The lowest BCUT2D eigenvalue weighted by Gasteiger charge is -2.39. The average molecular weight is 440 g/mol. The van der Waals surface area contributed by atoms with E-state index in [9.17, 15) is 18.0 Å². The number of aromatic nitrogens is 1. The molecule has 1 spiro atoms. The van der Waals surface area contributed by atoms with Crippen LogP contribution in [-0.2, 0) is 14.3 Å². The Bertz CT molecular complexity index is 952. The molecular formula is C21H23F3N2O5.